The van der Waals surface area contributed by atoms with Crippen molar-refractivity contribution in [2.24, 2.45) is 4.99 Å². The summed E-state index contributed by atoms with van der Waals surface area (Å²) in [5.41, 5.74) is 0. The van der Waals surface area contributed by atoms with Gasteiger partial charge in [0.1, 0.15) is 11.6 Å². The van der Waals surface area contributed by atoms with Crippen molar-refractivity contribution in [3.05, 3.63) is 11.6 Å². The molecule has 2 rings (SSSR count). The highest BCUT2D eigenvalue weighted by atomic mass is 127. The summed E-state index contributed by atoms with van der Waals surface area (Å²) in [6.07, 6.45) is 7.99. The maximum Gasteiger partial charge on any atom is 0.190 e. The predicted molar refractivity (Wildman–Crippen MR) is 132 cm³/mol. The summed E-state index contributed by atoms with van der Waals surface area (Å²) in [4.78, 5) is 6.87. The Kier molecular flexibility index (Phi) is 12.8. The summed E-state index contributed by atoms with van der Waals surface area (Å²) >= 11 is 0. The highest BCUT2D eigenvalue weighted by Gasteiger charge is 2.14. The van der Waals surface area contributed by atoms with Crippen LogP contribution in [0.4, 0.5) is 0 Å². The van der Waals surface area contributed by atoms with Crippen LogP contribution in [0.1, 0.15) is 71.4 Å². The number of hydrogen-bond donors (Lipinski definition) is 2. The molecular weight excluding hydrogens is 477 g/mol. The van der Waals surface area contributed by atoms with Crippen molar-refractivity contribution in [3.63, 3.8) is 0 Å². The van der Waals surface area contributed by atoms with Crippen LogP contribution in [0.5, 0.6) is 0 Å². The van der Waals surface area contributed by atoms with E-state index in [1.54, 1.807) is 0 Å². The van der Waals surface area contributed by atoms with Gasteiger partial charge in [0, 0.05) is 58.2 Å². The quantitative estimate of drug-likeness (QED) is 0.215. The molecule has 0 spiro atoms. The fourth-order valence-corrected chi connectivity index (χ4v) is 3.99. The first-order valence-electron chi connectivity index (χ1n) is 11.1. The van der Waals surface area contributed by atoms with Gasteiger partial charge in [-0.1, -0.05) is 6.42 Å². The molecular formula is C21H42IN7. The highest BCUT2D eigenvalue weighted by Crippen LogP contribution is 2.15. The second-order valence-corrected chi connectivity index (χ2v) is 8.30. The number of fused-ring (bicyclic) bond motifs is 1. The van der Waals surface area contributed by atoms with Gasteiger partial charge in [0.05, 0.1) is 0 Å². The van der Waals surface area contributed by atoms with E-state index in [0.717, 1.165) is 63.6 Å². The Bertz CT molecular complexity index is 590. The minimum absolute atomic E-state index is 0. The predicted octanol–water partition coefficient (Wildman–Crippen LogP) is 3.23. The lowest BCUT2D eigenvalue weighted by Crippen LogP contribution is -2.41. The molecule has 0 bridgehead atoms. The Hall–Kier alpha value is -0.900. The standard InChI is InChI=1S/C21H41N7.HI/c1-17(2)27(18(3)4)16-10-14-24-21(22-5)23-13-9-12-20-26-25-19-11-7-6-8-15-28(19)20;/h17-18H,6-16H2,1-5H3,(H2,22,23,24);1H. The van der Waals surface area contributed by atoms with Crippen LogP contribution in [-0.2, 0) is 19.4 Å². The zero-order chi connectivity index (χ0) is 20.4. The third kappa shape index (κ3) is 8.78. The summed E-state index contributed by atoms with van der Waals surface area (Å²) in [5, 5.41) is 15.7. The Labute approximate surface area is 194 Å². The first-order valence-corrected chi connectivity index (χ1v) is 11.1. The molecule has 0 fully saturated rings. The third-order valence-corrected chi connectivity index (χ3v) is 5.49. The topological polar surface area (TPSA) is 70.4 Å². The highest BCUT2D eigenvalue weighted by molar-refractivity contribution is 14.0. The molecule has 0 saturated heterocycles. The fraction of sp³-hybridized carbons (Fsp3) is 0.857. The molecule has 2 N–H and O–H groups in total. The van der Waals surface area contributed by atoms with Crippen LogP contribution in [0.25, 0.3) is 0 Å². The average Bonchev–Trinajstić information content (AvgIpc) is 2.88. The lowest BCUT2D eigenvalue weighted by molar-refractivity contribution is 0.173. The molecule has 1 aromatic heterocycles. The van der Waals surface area contributed by atoms with Crippen LogP contribution in [0.15, 0.2) is 4.99 Å². The van der Waals surface area contributed by atoms with Crippen molar-refractivity contribution >= 4 is 29.9 Å². The molecule has 0 atom stereocenters. The van der Waals surface area contributed by atoms with E-state index in [0.29, 0.717) is 12.1 Å². The number of nitrogens with one attached hydrogen (secondary N) is 2. The van der Waals surface area contributed by atoms with Gasteiger partial charge in [0.2, 0.25) is 0 Å². The molecule has 0 amide bonds. The van der Waals surface area contributed by atoms with Gasteiger partial charge in [-0.2, -0.15) is 0 Å². The van der Waals surface area contributed by atoms with E-state index < -0.39 is 0 Å². The van der Waals surface area contributed by atoms with Gasteiger partial charge in [-0.25, -0.2) is 0 Å². The number of aromatic nitrogens is 3. The third-order valence-electron chi connectivity index (χ3n) is 5.49. The second-order valence-electron chi connectivity index (χ2n) is 8.30. The van der Waals surface area contributed by atoms with Crippen LogP contribution in [0.3, 0.4) is 0 Å². The lowest BCUT2D eigenvalue weighted by Gasteiger charge is -2.30. The molecule has 1 aromatic rings. The number of nitrogens with zero attached hydrogens (tertiary/aromatic N) is 5. The summed E-state index contributed by atoms with van der Waals surface area (Å²) < 4.78 is 2.34. The largest absolute Gasteiger partial charge is 0.356 e. The number of halogens is 1. The van der Waals surface area contributed by atoms with Crippen molar-refractivity contribution in [2.45, 2.75) is 91.3 Å². The van der Waals surface area contributed by atoms with Crippen molar-refractivity contribution in [3.8, 4) is 0 Å². The van der Waals surface area contributed by atoms with Gasteiger partial charge in [0.15, 0.2) is 5.96 Å². The maximum absolute atomic E-state index is 4.42. The first kappa shape index (κ1) is 26.1. The molecule has 0 saturated carbocycles. The van der Waals surface area contributed by atoms with Crippen LogP contribution >= 0.6 is 24.0 Å². The molecule has 1 aliphatic rings. The molecule has 29 heavy (non-hydrogen) atoms. The van der Waals surface area contributed by atoms with E-state index in [1.165, 1.54) is 25.1 Å². The van der Waals surface area contributed by atoms with Gasteiger partial charge in [0.25, 0.3) is 0 Å². The summed E-state index contributed by atoms with van der Waals surface area (Å²) in [6, 6.07) is 1.18. The van der Waals surface area contributed by atoms with Gasteiger partial charge in [-0.05, 0) is 53.4 Å². The molecule has 168 valence electrons. The van der Waals surface area contributed by atoms with E-state index in [2.05, 4.69) is 63.0 Å². The molecule has 0 unspecified atom stereocenters. The van der Waals surface area contributed by atoms with E-state index in [4.69, 9.17) is 0 Å². The van der Waals surface area contributed by atoms with Crippen molar-refractivity contribution in [1.29, 1.82) is 0 Å². The van der Waals surface area contributed by atoms with Crippen molar-refractivity contribution < 1.29 is 0 Å². The summed E-state index contributed by atoms with van der Waals surface area (Å²) in [6.45, 7) is 13.1. The molecule has 8 heteroatoms. The number of aryl methyl sites for hydroxylation is 2. The lowest BCUT2D eigenvalue weighted by atomic mass is 10.2. The van der Waals surface area contributed by atoms with Gasteiger partial charge in [-0.15, -0.1) is 34.2 Å². The van der Waals surface area contributed by atoms with E-state index in [9.17, 15) is 0 Å². The Balaban J connectivity index is 0.00000420. The number of hydrogen-bond acceptors (Lipinski definition) is 4. The second kappa shape index (κ2) is 14.2. The molecule has 0 radical (unpaired) electrons. The molecule has 2 heterocycles. The van der Waals surface area contributed by atoms with Crippen LogP contribution in [-0.4, -0.2) is 64.4 Å². The van der Waals surface area contributed by atoms with E-state index >= 15 is 0 Å². The van der Waals surface area contributed by atoms with Gasteiger partial charge >= 0.3 is 0 Å². The Morgan fingerprint density at radius 3 is 2.38 bits per heavy atom. The molecule has 0 aliphatic carbocycles. The normalized spacial score (nSPS) is 14.7. The van der Waals surface area contributed by atoms with Gasteiger partial charge < -0.3 is 15.2 Å². The maximum atomic E-state index is 4.42. The van der Waals surface area contributed by atoms with E-state index in [1.807, 2.05) is 7.05 Å². The van der Waals surface area contributed by atoms with Gasteiger partial charge in [-0.3, -0.25) is 9.89 Å². The summed E-state index contributed by atoms with van der Waals surface area (Å²) in [5.74, 6) is 3.21. The smallest absolute Gasteiger partial charge is 0.190 e. The van der Waals surface area contributed by atoms with Crippen molar-refractivity contribution in [2.75, 3.05) is 26.7 Å². The Morgan fingerprint density at radius 2 is 1.72 bits per heavy atom. The monoisotopic (exact) mass is 519 g/mol. The number of aliphatic imine (C=N–C) groups is 1. The summed E-state index contributed by atoms with van der Waals surface area (Å²) in [7, 11) is 1.84. The number of rotatable bonds is 10. The SMILES string of the molecule is CN=C(NCCCc1nnc2n1CCCCC2)NCCCN(C(C)C)C(C)C.I. The molecule has 1 aliphatic heterocycles. The minimum Gasteiger partial charge on any atom is -0.356 e. The molecule has 7 nitrogen and oxygen atoms in total. The minimum atomic E-state index is 0. The Morgan fingerprint density at radius 1 is 1.03 bits per heavy atom. The zero-order valence-corrected chi connectivity index (χ0v) is 21.4. The van der Waals surface area contributed by atoms with Crippen LogP contribution < -0.4 is 10.6 Å². The van der Waals surface area contributed by atoms with E-state index in [-0.39, 0.29) is 24.0 Å². The van der Waals surface area contributed by atoms with Crippen molar-refractivity contribution in [1.82, 2.24) is 30.3 Å². The number of guanidine groups is 1. The van der Waals surface area contributed by atoms with Crippen LogP contribution in [0.2, 0.25) is 0 Å². The first-order chi connectivity index (χ1) is 13.5. The average molecular weight is 520 g/mol. The fourth-order valence-electron chi connectivity index (χ4n) is 3.99. The molecule has 0 aromatic carbocycles. The zero-order valence-electron chi connectivity index (χ0n) is 19.1. The van der Waals surface area contributed by atoms with Crippen LogP contribution in [0, 0.1) is 0 Å².